The van der Waals surface area contributed by atoms with Gasteiger partial charge in [0.2, 0.25) is 0 Å². The molecule has 0 spiro atoms. The fourth-order valence-corrected chi connectivity index (χ4v) is 1.39. The standard InChI is InChI=1S/C10H16N2/c1-6(2)8-4-5-9(11)10(12)7(8)3/h4-6H,11-12H2,1-3H3. The SMILES string of the molecule is Cc1c(C(C)C)ccc(N)c1N. The smallest absolute Gasteiger partial charge is 0.0580 e. The Balaban J connectivity index is 3.27. The molecule has 4 N–H and O–H groups in total. The van der Waals surface area contributed by atoms with Crippen LogP contribution in [0.2, 0.25) is 0 Å². The van der Waals surface area contributed by atoms with Crippen molar-refractivity contribution in [2.75, 3.05) is 11.5 Å². The molecule has 1 rings (SSSR count). The van der Waals surface area contributed by atoms with Crippen LogP contribution in [0.5, 0.6) is 0 Å². The maximum absolute atomic E-state index is 5.80. The van der Waals surface area contributed by atoms with Crippen molar-refractivity contribution in [3.63, 3.8) is 0 Å². The fourth-order valence-electron chi connectivity index (χ4n) is 1.39. The summed E-state index contributed by atoms with van der Waals surface area (Å²) in [6.45, 7) is 6.32. The predicted molar refractivity (Wildman–Crippen MR) is 54.1 cm³/mol. The molecule has 2 nitrogen and oxygen atoms in total. The molecule has 0 aliphatic rings. The molecule has 2 heteroatoms. The first-order valence-corrected chi connectivity index (χ1v) is 4.18. The van der Waals surface area contributed by atoms with E-state index in [0.717, 1.165) is 11.3 Å². The predicted octanol–water partition coefficient (Wildman–Crippen LogP) is 2.28. The van der Waals surface area contributed by atoms with Crippen molar-refractivity contribution in [2.24, 2.45) is 0 Å². The van der Waals surface area contributed by atoms with Gasteiger partial charge in [-0.15, -0.1) is 0 Å². The lowest BCUT2D eigenvalue weighted by Crippen LogP contribution is -2.01. The van der Waals surface area contributed by atoms with E-state index in [1.807, 2.05) is 19.1 Å². The third kappa shape index (κ3) is 1.37. The molecule has 0 aromatic heterocycles. The van der Waals surface area contributed by atoms with Gasteiger partial charge in [-0.2, -0.15) is 0 Å². The van der Waals surface area contributed by atoms with Crippen molar-refractivity contribution < 1.29 is 0 Å². The van der Waals surface area contributed by atoms with Crippen LogP contribution in [0.4, 0.5) is 11.4 Å². The molecule has 0 saturated carbocycles. The zero-order chi connectivity index (χ0) is 9.30. The minimum absolute atomic E-state index is 0.507. The van der Waals surface area contributed by atoms with Crippen LogP contribution in [0.15, 0.2) is 12.1 Å². The van der Waals surface area contributed by atoms with E-state index in [1.54, 1.807) is 0 Å². The largest absolute Gasteiger partial charge is 0.397 e. The normalized spacial score (nSPS) is 10.7. The van der Waals surface area contributed by atoms with Gasteiger partial charge in [0.1, 0.15) is 0 Å². The van der Waals surface area contributed by atoms with Gasteiger partial charge in [-0.05, 0) is 30.0 Å². The Labute approximate surface area is 73.6 Å². The van der Waals surface area contributed by atoms with E-state index in [9.17, 15) is 0 Å². The Kier molecular flexibility index (Phi) is 2.27. The Bertz CT molecular complexity index is 290. The van der Waals surface area contributed by atoms with E-state index in [4.69, 9.17) is 11.5 Å². The molecule has 0 aliphatic heterocycles. The summed E-state index contributed by atoms with van der Waals surface area (Å²) < 4.78 is 0. The lowest BCUT2D eigenvalue weighted by Gasteiger charge is -2.12. The lowest BCUT2D eigenvalue weighted by atomic mass is 9.96. The van der Waals surface area contributed by atoms with Gasteiger partial charge in [0.05, 0.1) is 11.4 Å². The molecular formula is C10H16N2. The van der Waals surface area contributed by atoms with Gasteiger partial charge in [-0.25, -0.2) is 0 Å². The highest BCUT2D eigenvalue weighted by Gasteiger charge is 2.07. The highest BCUT2D eigenvalue weighted by Crippen LogP contribution is 2.27. The first-order chi connectivity index (χ1) is 5.54. The Hall–Kier alpha value is -1.18. The van der Waals surface area contributed by atoms with Crippen molar-refractivity contribution in [1.82, 2.24) is 0 Å². The highest BCUT2D eigenvalue weighted by atomic mass is 14.7. The summed E-state index contributed by atoms with van der Waals surface area (Å²) in [5.74, 6) is 0.507. The second kappa shape index (κ2) is 3.05. The minimum Gasteiger partial charge on any atom is -0.397 e. The van der Waals surface area contributed by atoms with E-state index in [-0.39, 0.29) is 0 Å². The second-order valence-corrected chi connectivity index (χ2v) is 3.44. The van der Waals surface area contributed by atoms with E-state index < -0.39 is 0 Å². The maximum Gasteiger partial charge on any atom is 0.0580 e. The van der Waals surface area contributed by atoms with E-state index in [1.165, 1.54) is 5.56 Å². The third-order valence-corrected chi connectivity index (χ3v) is 2.21. The molecule has 0 heterocycles. The third-order valence-electron chi connectivity index (χ3n) is 2.21. The number of hydrogen-bond donors (Lipinski definition) is 2. The molecule has 0 fully saturated rings. The lowest BCUT2D eigenvalue weighted by molar-refractivity contribution is 0.858. The summed E-state index contributed by atoms with van der Waals surface area (Å²) in [6, 6.07) is 3.92. The van der Waals surface area contributed by atoms with Crippen molar-refractivity contribution in [2.45, 2.75) is 26.7 Å². The number of rotatable bonds is 1. The topological polar surface area (TPSA) is 52.0 Å². The molecule has 12 heavy (non-hydrogen) atoms. The van der Waals surface area contributed by atoms with Crippen molar-refractivity contribution in [3.05, 3.63) is 23.3 Å². The summed E-state index contributed by atoms with van der Waals surface area (Å²) >= 11 is 0. The van der Waals surface area contributed by atoms with Crippen LogP contribution < -0.4 is 11.5 Å². The van der Waals surface area contributed by atoms with Crippen molar-refractivity contribution in [3.8, 4) is 0 Å². The first-order valence-electron chi connectivity index (χ1n) is 4.18. The number of anilines is 2. The van der Waals surface area contributed by atoms with Crippen LogP contribution in [-0.2, 0) is 0 Å². The second-order valence-electron chi connectivity index (χ2n) is 3.44. The number of benzene rings is 1. The van der Waals surface area contributed by atoms with Gasteiger partial charge in [0, 0.05) is 0 Å². The van der Waals surface area contributed by atoms with Crippen molar-refractivity contribution >= 4 is 11.4 Å². The van der Waals surface area contributed by atoms with E-state index >= 15 is 0 Å². The molecule has 1 aromatic rings. The van der Waals surface area contributed by atoms with Gasteiger partial charge in [-0.3, -0.25) is 0 Å². The molecule has 0 bridgehead atoms. The van der Waals surface area contributed by atoms with Crippen LogP contribution in [0.3, 0.4) is 0 Å². The van der Waals surface area contributed by atoms with Gasteiger partial charge < -0.3 is 11.5 Å². The summed E-state index contributed by atoms with van der Waals surface area (Å²) in [6.07, 6.45) is 0. The van der Waals surface area contributed by atoms with Crippen LogP contribution in [-0.4, -0.2) is 0 Å². The Morgan fingerprint density at radius 2 is 1.75 bits per heavy atom. The summed E-state index contributed by atoms with van der Waals surface area (Å²) in [4.78, 5) is 0. The quantitative estimate of drug-likeness (QED) is 0.626. The van der Waals surface area contributed by atoms with Gasteiger partial charge in [0.15, 0.2) is 0 Å². The number of nitrogen functional groups attached to an aromatic ring is 2. The van der Waals surface area contributed by atoms with E-state index in [0.29, 0.717) is 11.6 Å². The number of hydrogen-bond acceptors (Lipinski definition) is 2. The molecule has 0 unspecified atom stereocenters. The van der Waals surface area contributed by atoms with Gasteiger partial charge >= 0.3 is 0 Å². The fraction of sp³-hybridized carbons (Fsp3) is 0.400. The van der Waals surface area contributed by atoms with Crippen LogP contribution >= 0.6 is 0 Å². The highest BCUT2D eigenvalue weighted by molar-refractivity contribution is 5.69. The summed E-state index contributed by atoms with van der Waals surface area (Å²) in [5.41, 5.74) is 15.3. The van der Waals surface area contributed by atoms with Crippen LogP contribution in [0, 0.1) is 6.92 Å². The minimum atomic E-state index is 0.507. The summed E-state index contributed by atoms with van der Waals surface area (Å²) in [5, 5.41) is 0. The zero-order valence-electron chi connectivity index (χ0n) is 7.89. The average molecular weight is 164 g/mol. The molecule has 0 aliphatic carbocycles. The van der Waals surface area contributed by atoms with Gasteiger partial charge in [0.25, 0.3) is 0 Å². The molecule has 0 radical (unpaired) electrons. The Morgan fingerprint density at radius 1 is 1.17 bits per heavy atom. The molecule has 0 amide bonds. The molecule has 0 saturated heterocycles. The molecule has 66 valence electrons. The maximum atomic E-state index is 5.80. The monoisotopic (exact) mass is 164 g/mol. The van der Waals surface area contributed by atoms with Crippen LogP contribution in [0.25, 0.3) is 0 Å². The molecular weight excluding hydrogens is 148 g/mol. The first kappa shape index (κ1) is 8.91. The Morgan fingerprint density at radius 3 is 2.25 bits per heavy atom. The van der Waals surface area contributed by atoms with Gasteiger partial charge in [-0.1, -0.05) is 19.9 Å². The average Bonchev–Trinajstić information content (AvgIpc) is 2.00. The zero-order valence-corrected chi connectivity index (χ0v) is 7.89. The molecule has 1 aromatic carbocycles. The van der Waals surface area contributed by atoms with Crippen molar-refractivity contribution in [1.29, 1.82) is 0 Å². The van der Waals surface area contributed by atoms with E-state index in [2.05, 4.69) is 13.8 Å². The molecule has 0 atom stereocenters. The summed E-state index contributed by atoms with van der Waals surface area (Å²) in [7, 11) is 0. The number of nitrogens with two attached hydrogens (primary N) is 2. The van der Waals surface area contributed by atoms with Crippen LogP contribution in [0.1, 0.15) is 30.9 Å².